The summed E-state index contributed by atoms with van der Waals surface area (Å²) < 4.78 is 80.2. The van der Waals surface area contributed by atoms with Gasteiger partial charge in [-0.2, -0.15) is 26.3 Å². The van der Waals surface area contributed by atoms with E-state index >= 15 is 0 Å². The predicted molar refractivity (Wildman–Crippen MR) is 49.5 cm³/mol. The Morgan fingerprint density at radius 1 is 1.05 bits per heavy atom. The number of ether oxygens (including phenoxy) is 2. The molecular formula is C10H6F6O3. The van der Waals surface area contributed by atoms with Crippen molar-refractivity contribution in [1.29, 1.82) is 0 Å². The summed E-state index contributed by atoms with van der Waals surface area (Å²) in [5, 5.41) is 0. The summed E-state index contributed by atoms with van der Waals surface area (Å²) in [5.41, 5.74) is -1.29. The van der Waals surface area contributed by atoms with Gasteiger partial charge in [0.25, 0.3) is 0 Å². The summed E-state index contributed by atoms with van der Waals surface area (Å²) in [6, 6.07) is 3.57. The van der Waals surface area contributed by atoms with Gasteiger partial charge in [-0.05, 0) is 12.1 Å². The first kappa shape index (κ1) is 15.1. The Kier molecular flexibility index (Phi) is 4.28. The Morgan fingerprint density at radius 2 is 1.63 bits per heavy atom. The molecule has 106 valence electrons. The maximum absolute atomic E-state index is 12.5. The molecule has 0 heterocycles. The normalized spacial score (nSPS) is 12.1. The molecule has 3 nitrogen and oxygen atoms in total. The topological polar surface area (TPSA) is 35.5 Å². The number of hydrogen-bond donors (Lipinski definition) is 0. The highest BCUT2D eigenvalue weighted by Gasteiger charge is 2.35. The zero-order chi connectivity index (χ0) is 14.7. The fourth-order valence-electron chi connectivity index (χ4n) is 1.05. The molecule has 0 aliphatic heterocycles. The number of hydrogen-bond acceptors (Lipinski definition) is 3. The smallest absolute Gasteiger partial charge is 0.424 e. The third-order valence-electron chi connectivity index (χ3n) is 1.74. The van der Waals surface area contributed by atoms with E-state index in [2.05, 4.69) is 9.47 Å². The summed E-state index contributed by atoms with van der Waals surface area (Å²) in [4.78, 5) is 10.8. The standard InChI is InChI=1S/C10H6F6O3/c11-9(12,13)5-18-8(17)19-7-4-2-1-3-6(7)10(14,15)16/h1-4H,5H2. The average molecular weight is 288 g/mol. The van der Waals surface area contributed by atoms with E-state index in [-0.39, 0.29) is 0 Å². The van der Waals surface area contributed by atoms with Crippen LogP contribution in [0.1, 0.15) is 5.56 Å². The lowest BCUT2D eigenvalue weighted by Crippen LogP contribution is -2.23. The number of benzene rings is 1. The molecular weight excluding hydrogens is 282 g/mol. The molecule has 1 aromatic rings. The zero-order valence-corrected chi connectivity index (χ0v) is 9.01. The highest BCUT2D eigenvalue weighted by molar-refractivity contribution is 5.64. The van der Waals surface area contributed by atoms with Gasteiger partial charge < -0.3 is 9.47 Å². The van der Waals surface area contributed by atoms with Gasteiger partial charge in [-0.1, -0.05) is 12.1 Å². The summed E-state index contributed by atoms with van der Waals surface area (Å²) >= 11 is 0. The van der Waals surface area contributed by atoms with Crippen molar-refractivity contribution in [2.75, 3.05) is 6.61 Å². The van der Waals surface area contributed by atoms with Crippen LogP contribution in [-0.2, 0) is 10.9 Å². The minimum absolute atomic E-state index is 0.617. The molecule has 0 spiro atoms. The summed E-state index contributed by atoms with van der Waals surface area (Å²) in [6.07, 6.45) is -11.5. The molecule has 0 saturated carbocycles. The van der Waals surface area contributed by atoms with E-state index in [1.807, 2.05) is 0 Å². The molecule has 0 aromatic heterocycles. The third kappa shape index (κ3) is 5.06. The Hall–Kier alpha value is -1.93. The van der Waals surface area contributed by atoms with Gasteiger partial charge >= 0.3 is 18.5 Å². The van der Waals surface area contributed by atoms with E-state index in [9.17, 15) is 31.1 Å². The predicted octanol–water partition coefficient (Wildman–Crippen LogP) is 3.78. The number of halogens is 6. The van der Waals surface area contributed by atoms with Crippen LogP contribution in [0.15, 0.2) is 24.3 Å². The van der Waals surface area contributed by atoms with Crippen LogP contribution in [0, 0.1) is 0 Å². The Balaban J connectivity index is 2.75. The molecule has 0 bridgehead atoms. The number of carbonyl (C=O) groups is 1. The van der Waals surface area contributed by atoms with Crippen LogP contribution in [0.2, 0.25) is 0 Å². The molecule has 0 aliphatic carbocycles. The molecule has 0 N–H and O–H groups in total. The highest BCUT2D eigenvalue weighted by atomic mass is 19.4. The lowest BCUT2D eigenvalue weighted by Gasteiger charge is -2.12. The van der Waals surface area contributed by atoms with Crippen LogP contribution >= 0.6 is 0 Å². The maximum atomic E-state index is 12.5. The second kappa shape index (κ2) is 5.37. The molecule has 19 heavy (non-hydrogen) atoms. The largest absolute Gasteiger partial charge is 0.514 e. The summed E-state index contributed by atoms with van der Waals surface area (Å²) in [7, 11) is 0. The van der Waals surface area contributed by atoms with Crippen molar-refractivity contribution >= 4 is 6.16 Å². The van der Waals surface area contributed by atoms with E-state index in [0.29, 0.717) is 6.07 Å². The van der Waals surface area contributed by atoms with Crippen molar-refractivity contribution in [3.63, 3.8) is 0 Å². The number of carbonyl (C=O) groups excluding carboxylic acids is 1. The van der Waals surface area contributed by atoms with E-state index in [4.69, 9.17) is 0 Å². The first-order chi connectivity index (χ1) is 8.59. The monoisotopic (exact) mass is 288 g/mol. The van der Waals surface area contributed by atoms with E-state index in [1.165, 1.54) is 0 Å². The van der Waals surface area contributed by atoms with Gasteiger partial charge in [0.1, 0.15) is 5.75 Å². The van der Waals surface area contributed by atoms with Crippen molar-refractivity contribution < 1.29 is 40.6 Å². The molecule has 0 amide bonds. The molecule has 1 rings (SSSR count). The van der Waals surface area contributed by atoms with Crippen LogP contribution in [0.5, 0.6) is 5.75 Å². The van der Waals surface area contributed by atoms with Crippen molar-refractivity contribution in [3.05, 3.63) is 29.8 Å². The number of alkyl halides is 6. The molecule has 0 aliphatic rings. The first-order valence-corrected chi connectivity index (χ1v) is 4.67. The van der Waals surface area contributed by atoms with E-state index < -0.39 is 36.4 Å². The van der Waals surface area contributed by atoms with Crippen molar-refractivity contribution in [1.82, 2.24) is 0 Å². The number of para-hydroxylation sites is 1. The van der Waals surface area contributed by atoms with Crippen molar-refractivity contribution in [2.45, 2.75) is 12.4 Å². The van der Waals surface area contributed by atoms with E-state index in [1.54, 1.807) is 0 Å². The average Bonchev–Trinajstić information content (AvgIpc) is 2.25. The van der Waals surface area contributed by atoms with Crippen LogP contribution < -0.4 is 4.74 Å². The second-order valence-corrected chi connectivity index (χ2v) is 3.25. The molecule has 0 fully saturated rings. The SMILES string of the molecule is O=C(OCC(F)(F)F)Oc1ccccc1C(F)(F)F. The minimum atomic E-state index is -4.80. The quantitative estimate of drug-likeness (QED) is 0.472. The minimum Gasteiger partial charge on any atom is -0.424 e. The van der Waals surface area contributed by atoms with E-state index in [0.717, 1.165) is 18.2 Å². The molecule has 0 radical (unpaired) electrons. The van der Waals surface area contributed by atoms with Crippen LogP contribution in [0.4, 0.5) is 31.1 Å². The molecule has 9 heteroatoms. The lowest BCUT2D eigenvalue weighted by atomic mass is 10.2. The zero-order valence-electron chi connectivity index (χ0n) is 9.01. The summed E-state index contributed by atoms with van der Waals surface area (Å²) in [5.74, 6) is -0.929. The van der Waals surface area contributed by atoms with Crippen molar-refractivity contribution in [3.8, 4) is 5.75 Å². The molecule has 1 aromatic carbocycles. The van der Waals surface area contributed by atoms with Gasteiger partial charge in [-0.15, -0.1) is 0 Å². The fourth-order valence-corrected chi connectivity index (χ4v) is 1.05. The van der Waals surface area contributed by atoms with Gasteiger partial charge in [-0.3, -0.25) is 0 Å². The molecule has 0 atom stereocenters. The third-order valence-corrected chi connectivity index (χ3v) is 1.74. The Bertz CT molecular complexity index is 451. The van der Waals surface area contributed by atoms with Crippen LogP contribution in [0.3, 0.4) is 0 Å². The molecule has 0 saturated heterocycles. The lowest BCUT2D eigenvalue weighted by molar-refractivity contribution is -0.163. The summed E-state index contributed by atoms with van der Waals surface area (Å²) in [6.45, 7) is -1.94. The Labute approximate surface area is 102 Å². The molecule has 0 unspecified atom stereocenters. The number of rotatable bonds is 2. The van der Waals surface area contributed by atoms with Gasteiger partial charge in [0.05, 0.1) is 5.56 Å². The van der Waals surface area contributed by atoms with Gasteiger partial charge in [0.2, 0.25) is 0 Å². The van der Waals surface area contributed by atoms with Gasteiger partial charge in [-0.25, -0.2) is 4.79 Å². The second-order valence-electron chi connectivity index (χ2n) is 3.25. The maximum Gasteiger partial charge on any atom is 0.514 e. The Morgan fingerprint density at radius 3 is 2.16 bits per heavy atom. The van der Waals surface area contributed by atoms with Crippen molar-refractivity contribution in [2.24, 2.45) is 0 Å². The van der Waals surface area contributed by atoms with Crippen LogP contribution in [-0.4, -0.2) is 18.9 Å². The van der Waals surface area contributed by atoms with Gasteiger partial charge in [0, 0.05) is 0 Å². The van der Waals surface area contributed by atoms with Gasteiger partial charge in [0.15, 0.2) is 6.61 Å². The first-order valence-electron chi connectivity index (χ1n) is 4.67. The fraction of sp³-hybridized carbons (Fsp3) is 0.300. The van der Waals surface area contributed by atoms with Crippen LogP contribution in [0.25, 0.3) is 0 Å². The highest BCUT2D eigenvalue weighted by Crippen LogP contribution is 2.36.